The molecule has 0 spiro atoms. The minimum Gasteiger partial charge on any atom is -0.493 e. The summed E-state index contributed by atoms with van der Waals surface area (Å²) in [5, 5.41) is 0. The highest BCUT2D eigenvalue weighted by molar-refractivity contribution is 6.17. The molecular weight excluding hydrogens is 236 g/mol. The number of aryl methyl sites for hydroxylation is 1. The van der Waals surface area contributed by atoms with E-state index in [1.54, 1.807) is 6.20 Å². The van der Waals surface area contributed by atoms with Gasteiger partial charge in [-0.15, -0.1) is 11.6 Å². The highest BCUT2D eigenvalue weighted by Crippen LogP contribution is 2.13. The molecule has 0 fully saturated rings. The Kier molecular flexibility index (Phi) is 4.04. The fraction of sp³-hybridized carbons (Fsp3) is 0.308. The lowest BCUT2D eigenvalue weighted by atomic mass is 10.2. The number of aromatic nitrogens is 2. The van der Waals surface area contributed by atoms with Gasteiger partial charge in [-0.1, -0.05) is 12.1 Å². The molecule has 0 aliphatic rings. The van der Waals surface area contributed by atoms with E-state index >= 15 is 0 Å². The molecule has 0 N–H and O–H groups in total. The van der Waals surface area contributed by atoms with E-state index in [0.717, 1.165) is 23.6 Å². The smallest absolute Gasteiger partial charge is 0.119 e. The van der Waals surface area contributed by atoms with Crippen LogP contribution < -0.4 is 4.74 Å². The van der Waals surface area contributed by atoms with E-state index in [0.29, 0.717) is 12.5 Å². The zero-order chi connectivity index (χ0) is 12.1. The molecule has 0 bridgehead atoms. The molecule has 1 heterocycles. The summed E-state index contributed by atoms with van der Waals surface area (Å²) in [6.45, 7) is 0.630. The van der Waals surface area contributed by atoms with Crippen LogP contribution in [0.25, 0.3) is 0 Å². The van der Waals surface area contributed by atoms with Gasteiger partial charge in [0.15, 0.2) is 0 Å². The van der Waals surface area contributed by atoms with Gasteiger partial charge in [-0.2, -0.15) is 0 Å². The predicted octanol–water partition coefficient (Wildman–Crippen LogP) is 2.78. The summed E-state index contributed by atoms with van der Waals surface area (Å²) in [6.07, 6.45) is 4.54. The predicted molar refractivity (Wildman–Crippen MR) is 68.4 cm³/mol. The summed E-state index contributed by atoms with van der Waals surface area (Å²) < 4.78 is 7.64. The van der Waals surface area contributed by atoms with Crippen molar-refractivity contribution in [3.05, 3.63) is 48.0 Å². The van der Waals surface area contributed by atoms with Crippen LogP contribution in [-0.4, -0.2) is 16.2 Å². The average Bonchev–Trinajstić information content (AvgIpc) is 2.76. The van der Waals surface area contributed by atoms with Crippen molar-refractivity contribution in [2.24, 2.45) is 7.05 Å². The lowest BCUT2D eigenvalue weighted by molar-refractivity contribution is 0.317. The number of ether oxygens (including phenoxy) is 1. The van der Waals surface area contributed by atoms with Crippen LogP contribution in [0.2, 0.25) is 0 Å². The molecule has 1 aromatic heterocycles. The van der Waals surface area contributed by atoms with Gasteiger partial charge in [0.25, 0.3) is 0 Å². The Labute approximate surface area is 106 Å². The van der Waals surface area contributed by atoms with Crippen molar-refractivity contribution in [1.82, 2.24) is 9.55 Å². The number of benzene rings is 1. The Hall–Kier alpha value is -1.48. The molecule has 0 aliphatic heterocycles. The third-order valence-corrected chi connectivity index (χ3v) is 2.90. The molecule has 3 nitrogen and oxygen atoms in total. The van der Waals surface area contributed by atoms with Crippen LogP contribution in [0, 0.1) is 0 Å². The van der Waals surface area contributed by atoms with Crippen LogP contribution in [-0.2, 0) is 19.3 Å². The quantitative estimate of drug-likeness (QED) is 0.763. The molecule has 0 aliphatic carbocycles. The van der Waals surface area contributed by atoms with Crippen molar-refractivity contribution in [1.29, 1.82) is 0 Å². The van der Waals surface area contributed by atoms with E-state index in [1.165, 1.54) is 0 Å². The number of imidazole rings is 1. The zero-order valence-corrected chi connectivity index (χ0v) is 10.5. The summed E-state index contributed by atoms with van der Waals surface area (Å²) in [4.78, 5) is 4.24. The molecule has 2 aromatic rings. The Balaban J connectivity index is 1.83. The first-order valence-electron chi connectivity index (χ1n) is 5.53. The summed E-state index contributed by atoms with van der Waals surface area (Å²) in [5.41, 5.74) is 1.10. The number of nitrogens with zero attached hydrogens (tertiary/aromatic N) is 2. The van der Waals surface area contributed by atoms with E-state index in [-0.39, 0.29) is 0 Å². The van der Waals surface area contributed by atoms with Crippen molar-refractivity contribution in [2.75, 3.05) is 6.61 Å². The molecule has 0 saturated heterocycles. The second-order valence-corrected chi connectivity index (χ2v) is 4.10. The Morgan fingerprint density at radius 3 is 2.65 bits per heavy atom. The van der Waals surface area contributed by atoms with Gasteiger partial charge in [-0.05, 0) is 17.7 Å². The van der Waals surface area contributed by atoms with E-state index in [1.807, 2.05) is 42.1 Å². The molecule has 90 valence electrons. The van der Waals surface area contributed by atoms with Crippen molar-refractivity contribution in [3.8, 4) is 5.75 Å². The monoisotopic (exact) mass is 250 g/mol. The Bertz CT molecular complexity index is 465. The highest BCUT2D eigenvalue weighted by atomic mass is 35.5. The van der Waals surface area contributed by atoms with E-state index in [2.05, 4.69) is 4.98 Å². The minimum atomic E-state index is 0.535. The summed E-state index contributed by atoms with van der Waals surface area (Å²) in [6, 6.07) is 7.83. The molecule has 0 amide bonds. The number of hydrogen-bond donors (Lipinski definition) is 0. The summed E-state index contributed by atoms with van der Waals surface area (Å²) >= 11 is 5.72. The van der Waals surface area contributed by atoms with Gasteiger partial charge in [0.1, 0.15) is 11.6 Å². The molecule has 0 radical (unpaired) electrons. The van der Waals surface area contributed by atoms with Crippen molar-refractivity contribution >= 4 is 11.6 Å². The van der Waals surface area contributed by atoms with Gasteiger partial charge in [0.05, 0.1) is 6.61 Å². The molecule has 0 atom stereocenters. The normalized spacial score (nSPS) is 10.5. The van der Waals surface area contributed by atoms with Crippen LogP contribution in [0.5, 0.6) is 5.75 Å². The second kappa shape index (κ2) is 5.73. The van der Waals surface area contributed by atoms with Gasteiger partial charge in [0.2, 0.25) is 0 Å². The average molecular weight is 251 g/mol. The first-order valence-corrected chi connectivity index (χ1v) is 6.07. The Morgan fingerprint density at radius 1 is 1.29 bits per heavy atom. The maximum Gasteiger partial charge on any atom is 0.119 e. The highest BCUT2D eigenvalue weighted by Gasteiger charge is 2.00. The fourth-order valence-corrected chi connectivity index (χ4v) is 1.75. The molecular formula is C13H15ClN2O. The van der Waals surface area contributed by atoms with Gasteiger partial charge < -0.3 is 9.30 Å². The van der Waals surface area contributed by atoms with E-state index in [9.17, 15) is 0 Å². The number of alkyl halides is 1. The topological polar surface area (TPSA) is 27.1 Å². The summed E-state index contributed by atoms with van der Waals surface area (Å²) in [7, 11) is 1.98. The third-order valence-electron chi connectivity index (χ3n) is 2.59. The first kappa shape index (κ1) is 12.0. The van der Waals surface area contributed by atoms with Crippen LogP contribution >= 0.6 is 11.6 Å². The van der Waals surface area contributed by atoms with E-state index < -0.39 is 0 Å². The summed E-state index contributed by atoms with van der Waals surface area (Å²) in [5.74, 6) is 2.43. The molecule has 1 aromatic carbocycles. The molecule has 2 rings (SSSR count). The van der Waals surface area contributed by atoms with Crippen LogP contribution in [0.1, 0.15) is 11.4 Å². The number of halogens is 1. The van der Waals surface area contributed by atoms with Crippen LogP contribution in [0.4, 0.5) is 0 Å². The molecule has 4 heteroatoms. The second-order valence-electron chi connectivity index (χ2n) is 3.83. The van der Waals surface area contributed by atoms with Gasteiger partial charge in [0, 0.05) is 31.7 Å². The van der Waals surface area contributed by atoms with E-state index in [4.69, 9.17) is 16.3 Å². The SMILES string of the molecule is Cn1ccnc1CCOc1ccc(CCl)cc1. The van der Waals surface area contributed by atoms with Crippen LogP contribution in [0.15, 0.2) is 36.7 Å². The van der Waals surface area contributed by atoms with Crippen LogP contribution in [0.3, 0.4) is 0 Å². The Morgan fingerprint density at radius 2 is 2.06 bits per heavy atom. The first-order chi connectivity index (χ1) is 8.29. The standard InChI is InChI=1S/C13H15ClN2O/c1-16-8-7-15-13(16)6-9-17-12-4-2-11(10-14)3-5-12/h2-5,7-8H,6,9-10H2,1H3. The maximum atomic E-state index is 5.72. The largest absolute Gasteiger partial charge is 0.493 e. The maximum absolute atomic E-state index is 5.72. The van der Waals surface area contributed by atoms with Gasteiger partial charge in [-0.25, -0.2) is 4.98 Å². The lowest BCUT2D eigenvalue weighted by Gasteiger charge is -2.06. The minimum absolute atomic E-state index is 0.535. The zero-order valence-electron chi connectivity index (χ0n) is 9.77. The van der Waals surface area contributed by atoms with Gasteiger partial charge >= 0.3 is 0 Å². The van der Waals surface area contributed by atoms with Crippen molar-refractivity contribution < 1.29 is 4.74 Å². The molecule has 0 saturated carbocycles. The van der Waals surface area contributed by atoms with Gasteiger partial charge in [-0.3, -0.25) is 0 Å². The molecule has 0 unspecified atom stereocenters. The molecule has 17 heavy (non-hydrogen) atoms. The third kappa shape index (κ3) is 3.24. The lowest BCUT2D eigenvalue weighted by Crippen LogP contribution is -2.06. The fourth-order valence-electron chi connectivity index (χ4n) is 1.57. The number of hydrogen-bond acceptors (Lipinski definition) is 2. The van der Waals surface area contributed by atoms with Crippen molar-refractivity contribution in [3.63, 3.8) is 0 Å². The number of rotatable bonds is 5. The van der Waals surface area contributed by atoms with Crippen molar-refractivity contribution in [2.45, 2.75) is 12.3 Å².